The maximum absolute atomic E-state index is 9.05. The monoisotopic (exact) mass is 192 g/mol. The molecule has 74 valence electrons. The Morgan fingerprint density at radius 2 is 2.36 bits per heavy atom. The van der Waals surface area contributed by atoms with Crippen molar-refractivity contribution in [2.24, 2.45) is 7.05 Å². The van der Waals surface area contributed by atoms with Gasteiger partial charge in [0, 0.05) is 12.7 Å². The lowest BCUT2D eigenvalue weighted by atomic mass is 10.4. The average molecular weight is 192 g/mol. The Labute approximate surface area is 81.8 Å². The summed E-state index contributed by atoms with van der Waals surface area (Å²) in [6, 6.07) is 3.67. The number of aromatic nitrogens is 2. The van der Waals surface area contributed by atoms with Crippen LogP contribution in [-0.4, -0.2) is 14.7 Å². The Bertz CT molecular complexity index is 429. The molecule has 0 atom stereocenters. The van der Waals surface area contributed by atoms with Crippen molar-refractivity contribution in [1.29, 1.82) is 0 Å². The molecule has 1 N–H and O–H groups in total. The summed E-state index contributed by atoms with van der Waals surface area (Å²) < 4.78 is 7.16. The molecule has 4 nitrogen and oxygen atoms in total. The summed E-state index contributed by atoms with van der Waals surface area (Å²) in [4.78, 5) is 4.29. The SMILES string of the molecule is Cc1c(CO)nc(-c2ccco2)n1C. The zero-order valence-corrected chi connectivity index (χ0v) is 8.19. The van der Waals surface area contributed by atoms with Gasteiger partial charge in [-0.25, -0.2) is 4.98 Å². The number of aliphatic hydroxyl groups excluding tert-OH is 1. The predicted octanol–water partition coefficient (Wildman–Crippen LogP) is 1.48. The zero-order chi connectivity index (χ0) is 10.1. The van der Waals surface area contributed by atoms with E-state index in [1.165, 1.54) is 0 Å². The van der Waals surface area contributed by atoms with Crippen LogP contribution in [-0.2, 0) is 13.7 Å². The highest BCUT2D eigenvalue weighted by Crippen LogP contribution is 2.21. The Morgan fingerprint density at radius 3 is 2.86 bits per heavy atom. The van der Waals surface area contributed by atoms with Crippen molar-refractivity contribution in [3.8, 4) is 11.6 Å². The molecular weight excluding hydrogens is 180 g/mol. The number of hydrogen-bond acceptors (Lipinski definition) is 3. The first-order chi connectivity index (χ1) is 6.74. The van der Waals surface area contributed by atoms with E-state index in [0.29, 0.717) is 5.69 Å². The van der Waals surface area contributed by atoms with Crippen LogP contribution in [0.4, 0.5) is 0 Å². The molecule has 0 aromatic carbocycles. The van der Waals surface area contributed by atoms with Crippen LogP contribution in [0.5, 0.6) is 0 Å². The molecule has 0 radical (unpaired) electrons. The number of rotatable bonds is 2. The lowest BCUT2D eigenvalue weighted by molar-refractivity contribution is 0.276. The zero-order valence-electron chi connectivity index (χ0n) is 8.19. The molecule has 2 aromatic rings. The van der Waals surface area contributed by atoms with Crippen molar-refractivity contribution in [2.75, 3.05) is 0 Å². The minimum atomic E-state index is -0.0413. The summed E-state index contributed by atoms with van der Waals surface area (Å²) >= 11 is 0. The van der Waals surface area contributed by atoms with Gasteiger partial charge in [0.1, 0.15) is 0 Å². The molecule has 0 saturated heterocycles. The molecule has 0 amide bonds. The van der Waals surface area contributed by atoms with Crippen molar-refractivity contribution in [3.05, 3.63) is 29.8 Å². The first kappa shape index (κ1) is 9.02. The predicted molar refractivity (Wildman–Crippen MR) is 51.6 cm³/mol. The van der Waals surface area contributed by atoms with Gasteiger partial charge in [0.05, 0.1) is 18.6 Å². The Morgan fingerprint density at radius 1 is 1.57 bits per heavy atom. The Hall–Kier alpha value is -1.55. The molecule has 0 aliphatic heterocycles. The van der Waals surface area contributed by atoms with Crippen LogP contribution in [0.15, 0.2) is 22.8 Å². The number of aliphatic hydroxyl groups is 1. The smallest absolute Gasteiger partial charge is 0.176 e. The van der Waals surface area contributed by atoms with Crippen molar-refractivity contribution in [1.82, 2.24) is 9.55 Å². The molecule has 2 aromatic heterocycles. The first-order valence-electron chi connectivity index (χ1n) is 4.41. The van der Waals surface area contributed by atoms with E-state index in [9.17, 15) is 0 Å². The summed E-state index contributed by atoms with van der Waals surface area (Å²) in [5, 5.41) is 9.05. The molecule has 14 heavy (non-hydrogen) atoms. The van der Waals surface area contributed by atoms with E-state index in [1.54, 1.807) is 6.26 Å². The van der Waals surface area contributed by atoms with Crippen LogP contribution in [0, 0.1) is 6.92 Å². The fourth-order valence-electron chi connectivity index (χ4n) is 1.41. The van der Waals surface area contributed by atoms with Crippen LogP contribution in [0.3, 0.4) is 0 Å². The molecule has 0 aliphatic carbocycles. The van der Waals surface area contributed by atoms with E-state index in [-0.39, 0.29) is 6.61 Å². The standard InChI is InChI=1S/C10H12N2O2/c1-7-8(6-13)11-10(12(7)2)9-4-3-5-14-9/h3-5,13H,6H2,1-2H3. The van der Waals surface area contributed by atoms with Gasteiger partial charge in [-0.2, -0.15) is 0 Å². The van der Waals surface area contributed by atoms with Gasteiger partial charge in [0.25, 0.3) is 0 Å². The summed E-state index contributed by atoms with van der Waals surface area (Å²) in [7, 11) is 1.90. The van der Waals surface area contributed by atoms with Gasteiger partial charge in [0.15, 0.2) is 11.6 Å². The average Bonchev–Trinajstić information content (AvgIpc) is 2.78. The summed E-state index contributed by atoms with van der Waals surface area (Å²) in [6.45, 7) is 1.88. The fraction of sp³-hybridized carbons (Fsp3) is 0.300. The van der Waals surface area contributed by atoms with Crippen LogP contribution in [0.25, 0.3) is 11.6 Å². The second-order valence-electron chi connectivity index (χ2n) is 3.16. The third-order valence-corrected chi connectivity index (χ3v) is 2.37. The topological polar surface area (TPSA) is 51.2 Å². The van der Waals surface area contributed by atoms with Crippen LogP contribution in [0.2, 0.25) is 0 Å². The number of nitrogens with zero attached hydrogens (tertiary/aromatic N) is 2. The third-order valence-electron chi connectivity index (χ3n) is 2.37. The van der Waals surface area contributed by atoms with Crippen molar-refractivity contribution in [3.63, 3.8) is 0 Å². The lowest BCUT2D eigenvalue weighted by Crippen LogP contribution is -1.94. The second-order valence-corrected chi connectivity index (χ2v) is 3.16. The van der Waals surface area contributed by atoms with E-state index >= 15 is 0 Å². The Balaban J connectivity index is 2.55. The number of furan rings is 1. The molecule has 0 aliphatic rings. The molecule has 4 heteroatoms. The summed E-state index contributed by atoms with van der Waals surface area (Å²) in [6.07, 6.45) is 1.61. The third kappa shape index (κ3) is 1.24. The van der Waals surface area contributed by atoms with E-state index in [0.717, 1.165) is 17.3 Å². The minimum absolute atomic E-state index is 0.0413. The summed E-state index contributed by atoms with van der Waals surface area (Å²) in [5.41, 5.74) is 1.65. The van der Waals surface area contributed by atoms with Gasteiger partial charge in [-0.3, -0.25) is 0 Å². The first-order valence-corrected chi connectivity index (χ1v) is 4.41. The van der Waals surface area contributed by atoms with Gasteiger partial charge >= 0.3 is 0 Å². The second kappa shape index (κ2) is 3.31. The quantitative estimate of drug-likeness (QED) is 0.784. The fourth-order valence-corrected chi connectivity index (χ4v) is 1.41. The molecule has 2 heterocycles. The largest absolute Gasteiger partial charge is 0.461 e. The molecule has 0 unspecified atom stereocenters. The normalized spacial score (nSPS) is 10.8. The van der Waals surface area contributed by atoms with Crippen LogP contribution in [0.1, 0.15) is 11.4 Å². The van der Waals surface area contributed by atoms with Gasteiger partial charge in [-0.1, -0.05) is 0 Å². The van der Waals surface area contributed by atoms with Crippen LogP contribution < -0.4 is 0 Å². The minimum Gasteiger partial charge on any atom is -0.461 e. The highest BCUT2D eigenvalue weighted by molar-refractivity contribution is 5.49. The van der Waals surface area contributed by atoms with Crippen molar-refractivity contribution in [2.45, 2.75) is 13.5 Å². The van der Waals surface area contributed by atoms with E-state index in [2.05, 4.69) is 4.98 Å². The highest BCUT2D eigenvalue weighted by Gasteiger charge is 2.13. The summed E-state index contributed by atoms with van der Waals surface area (Å²) in [5.74, 6) is 1.46. The maximum Gasteiger partial charge on any atom is 0.176 e. The molecule has 0 fully saturated rings. The molecule has 0 spiro atoms. The van der Waals surface area contributed by atoms with E-state index < -0.39 is 0 Å². The maximum atomic E-state index is 9.05. The molecular formula is C10H12N2O2. The molecule has 0 saturated carbocycles. The molecule has 2 rings (SSSR count). The Kier molecular flexibility index (Phi) is 2.13. The van der Waals surface area contributed by atoms with Gasteiger partial charge in [-0.15, -0.1) is 0 Å². The highest BCUT2D eigenvalue weighted by atomic mass is 16.3. The number of imidazole rings is 1. The van der Waals surface area contributed by atoms with E-state index in [1.807, 2.05) is 30.7 Å². The van der Waals surface area contributed by atoms with Crippen molar-refractivity contribution < 1.29 is 9.52 Å². The van der Waals surface area contributed by atoms with Gasteiger partial charge < -0.3 is 14.1 Å². The van der Waals surface area contributed by atoms with Crippen LogP contribution >= 0.6 is 0 Å². The molecule has 0 bridgehead atoms. The number of hydrogen-bond donors (Lipinski definition) is 1. The van der Waals surface area contributed by atoms with Gasteiger partial charge in [-0.05, 0) is 19.1 Å². The van der Waals surface area contributed by atoms with Crippen molar-refractivity contribution >= 4 is 0 Å². The van der Waals surface area contributed by atoms with E-state index in [4.69, 9.17) is 9.52 Å². The van der Waals surface area contributed by atoms with Gasteiger partial charge in [0.2, 0.25) is 0 Å². The lowest BCUT2D eigenvalue weighted by Gasteiger charge is -1.98.